The zero-order valence-electron chi connectivity index (χ0n) is 10.1. The third kappa shape index (κ3) is 5.27. The first kappa shape index (κ1) is 17.2. The van der Waals surface area contributed by atoms with Crippen LogP contribution in [0.3, 0.4) is 0 Å². The van der Waals surface area contributed by atoms with E-state index in [2.05, 4.69) is 15.5 Å². The van der Waals surface area contributed by atoms with Crippen LogP contribution in [0.25, 0.3) is 0 Å². The summed E-state index contributed by atoms with van der Waals surface area (Å²) >= 11 is 0. The SMILES string of the molecule is Cl.Cl.O=C(NCCN1CCNCC1)c1ccco1. The molecular formula is C11H19Cl2N3O2. The van der Waals surface area contributed by atoms with E-state index in [1.165, 1.54) is 6.26 Å². The molecule has 0 unspecified atom stereocenters. The average Bonchev–Trinajstić information content (AvgIpc) is 2.84. The fourth-order valence-electron chi connectivity index (χ4n) is 1.76. The van der Waals surface area contributed by atoms with E-state index in [-0.39, 0.29) is 30.7 Å². The summed E-state index contributed by atoms with van der Waals surface area (Å²) in [5, 5.41) is 6.13. The van der Waals surface area contributed by atoms with Gasteiger partial charge in [0.15, 0.2) is 5.76 Å². The van der Waals surface area contributed by atoms with Crippen LogP contribution in [-0.4, -0.2) is 50.1 Å². The van der Waals surface area contributed by atoms with Crippen molar-refractivity contribution in [2.45, 2.75) is 0 Å². The number of rotatable bonds is 4. The second kappa shape index (κ2) is 9.22. The minimum absolute atomic E-state index is 0. The number of halogens is 2. The molecule has 1 fully saturated rings. The molecule has 0 bridgehead atoms. The van der Waals surface area contributed by atoms with E-state index in [4.69, 9.17) is 4.42 Å². The van der Waals surface area contributed by atoms with Crippen molar-refractivity contribution in [2.75, 3.05) is 39.3 Å². The van der Waals surface area contributed by atoms with Crippen LogP contribution in [0, 0.1) is 0 Å². The van der Waals surface area contributed by atoms with E-state index in [0.29, 0.717) is 12.3 Å². The van der Waals surface area contributed by atoms with Gasteiger partial charge in [-0.15, -0.1) is 24.8 Å². The Hall–Kier alpha value is -0.750. The van der Waals surface area contributed by atoms with Gasteiger partial charge in [0.1, 0.15) is 0 Å². The summed E-state index contributed by atoms with van der Waals surface area (Å²) in [6, 6.07) is 3.38. The van der Waals surface area contributed by atoms with Crippen molar-refractivity contribution >= 4 is 30.7 Å². The van der Waals surface area contributed by atoms with Crippen molar-refractivity contribution in [3.05, 3.63) is 24.2 Å². The molecule has 0 atom stereocenters. The molecule has 2 heterocycles. The van der Waals surface area contributed by atoms with E-state index in [9.17, 15) is 4.79 Å². The lowest BCUT2D eigenvalue weighted by atomic mass is 10.3. The third-order valence-corrected chi connectivity index (χ3v) is 2.67. The molecule has 0 spiro atoms. The van der Waals surface area contributed by atoms with Gasteiger partial charge in [0.25, 0.3) is 5.91 Å². The number of furan rings is 1. The van der Waals surface area contributed by atoms with Gasteiger partial charge < -0.3 is 15.1 Å². The van der Waals surface area contributed by atoms with E-state index in [1.807, 2.05) is 0 Å². The number of piperazine rings is 1. The van der Waals surface area contributed by atoms with Crippen LogP contribution in [0.15, 0.2) is 22.8 Å². The predicted octanol–water partition coefficient (Wildman–Crippen LogP) is 0.758. The Labute approximate surface area is 119 Å². The maximum atomic E-state index is 11.5. The van der Waals surface area contributed by atoms with Gasteiger partial charge in [0, 0.05) is 39.3 Å². The number of nitrogens with zero attached hydrogens (tertiary/aromatic N) is 1. The number of carbonyl (C=O) groups excluding carboxylic acids is 1. The first-order chi connectivity index (χ1) is 7.86. The van der Waals surface area contributed by atoms with Crippen molar-refractivity contribution in [1.82, 2.24) is 15.5 Å². The minimum atomic E-state index is -0.139. The molecule has 1 amide bonds. The molecule has 1 aliphatic heterocycles. The van der Waals surface area contributed by atoms with Crippen molar-refractivity contribution in [3.8, 4) is 0 Å². The molecule has 7 heteroatoms. The van der Waals surface area contributed by atoms with E-state index >= 15 is 0 Å². The van der Waals surface area contributed by atoms with Gasteiger partial charge in [-0.25, -0.2) is 0 Å². The summed E-state index contributed by atoms with van der Waals surface area (Å²) in [7, 11) is 0. The lowest BCUT2D eigenvalue weighted by molar-refractivity contribution is 0.0919. The van der Waals surface area contributed by atoms with Crippen LogP contribution in [0.2, 0.25) is 0 Å². The van der Waals surface area contributed by atoms with Crippen molar-refractivity contribution in [2.24, 2.45) is 0 Å². The second-order valence-electron chi connectivity index (χ2n) is 3.82. The summed E-state index contributed by atoms with van der Waals surface area (Å²) < 4.78 is 5.00. The molecule has 0 saturated carbocycles. The molecule has 0 aliphatic carbocycles. The lowest BCUT2D eigenvalue weighted by Gasteiger charge is -2.26. The molecule has 0 radical (unpaired) electrons. The van der Waals surface area contributed by atoms with Gasteiger partial charge in [-0.1, -0.05) is 0 Å². The van der Waals surface area contributed by atoms with Gasteiger partial charge in [-0.05, 0) is 12.1 Å². The topological polar surface area (TPSA) is 57.5 Å². The third-order valence-electron chi connectivity index (χ3n) is 2.67. The zero-order valence-corrected chi connectivity index (χ0v) is 11.7. The van der Waals surface area contributed by atoms with Crippen LogP contribution in [0.4, 0.5) is 0 Å². The fourth-order valence-corrected chi connectivity index (χ4v) is 1.76. The molecule has 1 aromatic rings. The Bertz CT molecular complexity index is 327. The Balaban J connectivity index is 0.00000144. The molecule has 2 rings (SSSR count). The first-order valence-electron chi connectivity index (χ1n) is 5.61. The van der Waals surface area contributed by atoms with Crippen LogP contribution in [0.5, 0.6) is 0 Å². The molecule has 1 aliphatic rings. The molecule has 5 nitrogen and oxygen atoms in total. The number of hydrogen-bond acceptors (Lipinski definition) is 4. The second-order valence-corrected chi connectivity index (χ2v) is 3.82. The fraction of sp³-hybridized carbons (Fsp3) is 0.545. The van der Waals surface area contributed by atoms with Crippen molar-refractivity contribution in [3.63, 3.8) is 0 Å². The minimum Gasteiger partial charge on any atom is -0.459 e. The highest BCUT2D eigenvalue weighted by Crippen LogP contribution is 1.98. The highest BCUT2D eigenvalue weighted by atomic mass is 35.5. The molecule has 18 heavy (non-hydrogen) atoms. The van der Waals surface area contributed by atoms with E-state index < -0.39 is 0 Å². The van der Waals surface area contributed by atoms with Gasteiger partial charge in [0.05, 0.1) is 6.26 Å². The smallest absolute Gasteiger partial charge is 0.287 e. The summed E-state index contributed by atoms with van der Waals surface area (Å²) in [5.41, 5.74) is 0. The molecule has 0 aromatic carbocycles. The largest absolute Gasteiger partial charge is 0.459 e. The molecule has 1 aromatic heterocycles. The van der Waals surface area contributed by atoms with Crippen LogP contribution >= 0.6 is 24.8 Å². The lowest BCUT2D eigenvalue weighted by Crippen LogP contribution is -2.46. The number of carbonyl (C=O) groups is 1. The van der Waals surface area contributed by atoms with Crippen LogP contribution in [-0.2, 0) is 0 Å². The summed E-state index contributed by atoms with van der Waals surface area (Å²) in [6.45, 7) is 5.74. The van der Waals surface area contributed by atoms with Gasteiger partial charge in [-0.2, -0.15) is 0 Å². The van der Waals surface area contributed by atoms with Crippen LogP contribution < -0.4 is 10.6 Å². The Morgan fingerprint density at radius 2 is 2.11 bits per heavy atom. The maximum absolute atomic E-state index is 11.5. The molecule has 104 valence electrons. The Morgan fingerprint density at radius 3 is 2.72 bits per heavy atom. The van der Waals surface area contributed by atoms with Gasteiger partial charge >= 0.3 is 0 Å². The maximum Gasteiger partial charge on any atom is 0.287 e. The highest BCUT2D eigenvalue weighted by Gasteiger charge is 2.11. The summed E-state index contributed by atoms with van der Waals surface area (Å²) in [6.07, 6.45) is 1.51. The molecule has 2 N–H and O–H groups in total. The highest BCUT2D eigenvalue weighted by molar-refractivity contribution is 5.91. The quantitative estimate of drug-likeness (QED) is 0.861. The predicted molar refractivity (Wildman–Crippen MR) is 74.8 cm³/mol. The number of amides is 1. The summed E-state index contributed by atoms with van der Waals surface area (Å²) in [4.78, 5) is 13.8. The van der Waals surface area contributed by atoms with Crippen molar-refractivity contribution in [1.29, 1.82) is 0 Å². The zero-order chi connectivity index (χ0) is 11.2. The number of hydrogen-bond donors (Lipinski definition) is 2. The standard InChI is InChI=1S/C11H17N3O2.2ClH/c15-11(10-2-1-9-16-10)13-5-8-14-6-3-12-4-7-14;;/h1-2,9,12H,3-8H2,(H,13,15);2*1H. The van der Waals surface area contributed by atoms with Crippen molar-refractivity contribution < 1.29 is 9.21 Å². The van der Waals surface area contributed by atoms with Gasteiger partial charge in [0.2, 0.25) is 0 Å². The summed E-state index contributed by atoms with van der Waals surface area (Å²) in [5.74, 6) is 0.237. The number of nitrogens with one attached hydrogen (secondary N) is 2. The Kier molecular flexibility index (Phi) is 8.83. The van der Waals surface area contributed by atoms with Gasteiger partial charge in [-0.3, -0.25) is 9.69 Å². The Morgan fingerprint density at radius 1 is 1.39 bits per heavy atom. The molecular weight excluding hydrogens is 277 g/mol. The monoisotopic (exact) mass is 295 g/mol. The normalized spacial score (nSPS) is 15.3. The average molecular weight is 296 g/mol. The van der Waals surface area contributed by atoms with E-state index in [0.717, 1.165) is 32.7 Å². The molecule has 1 saturated heterocycles. The van der Waals surface area contributed by atoms with E-state index in [1.54, 1.807) is 12.1 Å². The first-order valence-corrected chi connectivity index (χ1v) is 5.61. The van der Waals surface area contributed by atoms with Crippen LogP contribution in [0.1, 0.15) is 10.6 Å².